The molecule has 44 heavy (non-hydrogen) atoms. The number of rotatable bonds is 8. The fraction of sp³-hybridized carbons (Fsp3) is 0. The van der Waals surface area contributed by atoms with Crippen molar-refractivity contribution in [3.8, 4) is 46.0 Å². The molecule has 0 aliphatic heterocycles. The number of benzene rings is 6. The van der Waals surface area contributed by atoms with Gasteiger partial charge in [0.25, 0.3) is 0 Å². The molecule has 0 spiro atoms. The van der Waals surface area contributed by atoms with Crippen molar-refractivity contribution in [2.24, 2.45) is 0 Å². The minimum Gasteiger partial charge on any atom is -0.457 e. The second-order valence-electron chi connectivity index (χ2n) is 9.64. The van der Waals surface area contributed by atoms with Crippen molar-refractivity contribution < 1.29 is 18.9 Å². The molecule has 6 aromatic rings. The third kappa shape index (κ3) is 8.86. The van der Waals surface area contributed by atoms with Crippen molar-refractivity contribution in [3.05, 3.63) is 146 Å². The van der Waals surface area contributed by atoms with Gasteiger partial charge in [-0.25, -0.2) is 0 Å². The maximum absolute atomic E-state index is 5.78. The van der Waals surface area contributed by atoms with Gasteiger partial charge in [-0.3, -0.25) is 0 Å². The number of anilines is 4. The molecular formula is C36H32N4O4. The number of nitrogens with two attached hydrogens (primary N) is 4. The van der Waals surface area contributed by atoms with Crippen LogP contribution in [0, 0.1) is 0 Å². The Morgan fingerprint density at radius 2 is 0.523 bits per heavy atom. The molecule has 8 heteroatoms. The Morgan fingerprint density at radius 3 is 0.841 bits per heavy atom. The molecule has 0 amide bonds. The van der Waals surface area contributed by atoms with E-state index in [1.165, 1.54) is 0 Å². The summed E-state index contributed by atoms with van der Waals surface area (Å²) in [5.41, 5.74) is 25.5. The van der Waals surface area contributed by atoms with Gasteiger partial charge < -0.3 is 41.9 Å². The summed E-state index contributed by atoms with van der Waals surface area (Å²) in [6.45, 7) is 0. The fourth-order valence-electron chi connectivity index (χ4n) is 3.97. The quantitative estimate of drug-likeness (QED) is 0.130. The molecule has 0 bridgehead atoms. The molecule has 6 aromatic carbocycles. The molecule has 0 aliphatic carbocycles. The Kier molecular flexibility index (Phi) is 9.34. The van der Waals surface area contributed by atoms with E-state index in [4.69, 9.17) is 41.9 Å². The van der Waals surface area contributed by atoms with Gasteiger partial charge in [-0.15, -0.1) is 0 Å². The number of nitrogen functional groups attached to an aromatic ring is 4. The van der Waals surface area contributed by atoms with Crippen LogP contribution in [0.25, 0.3) is 0 Å². The Hall–Kier alpha value is -6.28. The van der Waals surface area contributed by atoms with Gasteiger partial charge in [0, 0.05) is 47.0 Å². The van der Waals surface area contributed by atoms with Gasteiger partial charge >= 0.3 is 0 Å². The van der Waals surface area contributed by atoms with Gasteiger partial charge in [-0.05, 0) is 97.1 Å². The third-order valence-electron chi connectivity index (χ3n) is 6.03. The highest BCUT2D eigenvalue weighted by atomic mass is 16.5. The zero-order chi connectivity index (χ0) is 30.7. The average Bonchev–Trinajstić information content (AvgIpc) is 3.00. The predicted octanol–water partition coefficient (Wildman–Crippen LogP) is 8.87. The summed E-state index contributed by atoms with van der Waals surface area (Å²) in [4.78, 5) is 0. The summed E-state index contributed by atoms with van der Waals surface area (Å²) in [5, 5.41) is 0. The van der Waals surface area contributed by atoms with E-state index < -0.39 is 0 Å². The summed E-state index contributed by atoms with van der Waals surface area (Å²) in [7, 11) is 0. The van der Waals surface area contributed by atoms with Gasteiger partial charge in [0.15, 0.2) is 0 Å². The smallest absolute Gasteiger partial charge is 0.131 e. The molecule has 0 aromatic heterocycles. The van der Waals surface area contributed by atoms with Crippen molar-refractivity contribution in [3.63, 3.8) is 0 Å². The van der Waals surface area contributed by atoms with E-state index in [1.54, 1.807) is 36.4 Å². The molecule has 220 valence electrons. The Labute approximate surface area is 256 Å². The lowest BCUT2D eigenvalue weighted by Gasteiger charge is -2.09. The maximum atomic E-state index is 5.78. The lowest BCUT2D eigenvalue weighted by molar-refractivity contribution is 0.460. The van der Waals surface area contributed by atoms with Crippen LogP contribution in [-0.4, -0.2) is 0 Å². The van der Waals surface area contributed by atoms with Crippen LogP contribution in [0.4, 0.5) is 22.7 Å². The first-order chi connectivity index (χ1) is 21.4. The lowest BCUT2D eigenvalue weighted by Crippen LogP contribution is -1.90. The lowest BCUT2D eigenvalue weighted by atomic mass is 10.3. The normalized spacial score (nSPS) is 10.2. The summed E-state index contributed by atoms with van der Waals surface area (Å²) < 4.78 is 23.1. The van der Waals surface area contributed by atoms with Crippen LogP contribution in [0.15, 0.2) is 146 Å². The van der Waals surface area contributed by atoms with Crippen LogP contribution in [0.1, 0.15) is 0 Å². The second-order valence-corrected chi connectivity index (χ2v) is 9.64. The van der Waals surface area contributed by atoms with E-state index in [1.807, 2.05) is 109 Å². The number of hydrogen-bond donors (Lipinski definition) is 4. The van der Waals surface area contributed by atoms with Gasteiger partial charge in [0.1, 0.15) is 46.0 Å². The van der Waals surface area contributed by atoms with Crippen LogP contribution >= 0.6 is 0 Å². The molecule has 0 saturated heterocycles. The molecule has 0 atom stereocenters. The predicted molar refractivity (Wildman–Crippen MR) is 177 cm³/mol. The standard InChI is InChI=1S/2C18H16N2O2/c19-13-4-1-6-15(10-13)21-17-8-3-9-18(12-17)22-16-7-2-5-14(20)11-16;19-13-4-8-15(9-5-13)21-17-2-1-3-18(12-17)22-16-10-6-14(20)7-11-16/h2*1-12H,19-20H2. The van der Waals surface area contributed by atoms with E-state index in [2.05, 4.69) is 0 Å². The van der Waals surface area contributed by atoms with Crippen molar-refractivity contribution >= 4 is 22.7 Å². The second kappa shape index (κ2) is 14.1. The minimum absolute atomic E-state index is 0.657. The summed E-state index contributed by atoms with van der Waals surface area (Å²) in [5.74, 6) is 5.54. The van der Waals surface area contributed by atoms with Gasteiger partial charge in [-0.2, -0.15) is 0 Å². The SMILES string of the molecule is Nc1ccc(Oc2cccc(Oc3ccc(N)cc3)c2)cc1.Nc1cccc(Oc2cccc(Oc3cccc(N)c3)c2)c1. The van der Waals surface area contributed by atoms with Gasteiger partial charge in [0.05, 0.1) is 0 Å². The van der Waals surface area contributed by atoms with Crippen LogP contribution < -0.4 is 41.9 Å². The monoisotopic (exact) mass is 584 g/mol. The van der Waals surface area contributed by atoms with Crippen LogP contribution in [0.5, 0.6) is 46.0 Å². The molecule has 0 saturated carbocycles. The average molecular weight is 585 g/mol. The summed E-state index contributed by atoms with van der Waals surface area (Å²) in [6, 6.07) is 43.8. The molecule has 0 fully saturated rings. The molecule has 0 heterocycles. The van der Waals surface area contributed by atoms with E-state index in [-0.39, 0.29) is 0 Å². The topological polar surface area (TPSA) is 141 Å². The molecular weight excluding hydrogens is 552 g/mol. The Balaban J connectivity index is 0.000000175. The number of ether oxygens (including phenoxy) is 4. The van der Waals surface area contributed by atoms with Crippen molar-refractivity contribution in [1.82, 2.24) is 0 Å². The summed E-state index contributed by atoms with van der Waals surface area (Å²) in [6.07, 6.45) is 0. The van der Waals surface area contributed by atoms with Crippen LogP contribution in [-0.2, 0) is 0 Å². The van der Waals surface area contributed by atoms with E-state index in [0.717, 1.165) is 11.5 Å². The maximum Gasteiger partial charge on any atom is 0.131 e. The molecule has 0 aliphatic rings. The van der Waals surface area contributed by atoms with Crippen LogP contribution in [0.3, 0.4) is 0 Å². The highest BCUT2D eigenvalue weighted by Crippen LogP contribution is 2.30. The van der Waals surface area contributed by atoms with Gasteiger partial charge in [0.2, 0.25) is 0 Å². The zero-order valence-corrected chi connectivity index (χ0v) is 23.8. The zero-order valence-electron chi connectivity index (χ0n) is 23.8. The van der Waals surface area contributed by atoms with E-state index >= 15 is 0 Å². The molecule has 8 N–H and O–H groups in total. The number of hydrogen-bond acceptors (Lipinski definition) is 8. The van der Waals surface area contributed by atoms with E-state index in [0.29, 0.717) is 57.2 Å². The van der Waals surface area contributed by atoms with Gasteiger partial charge in [-0.1, -0.05) is 24.3 Å². The highest BCUT2D eigenvalue weighted by molar-refractivity contribution is 5.49. The molecule has 8 nitrogen and oxygen atoms in total. The van der Waals surface area contributed by atoms with Crippen molar-refractivity contribution in [2.75, 3.05) is 22.9 Å². The first-order valence-electron chi connectivity index (χ1n) is 13.7. The Bertz CT molecular complexity index is 1680. The van der Waals surface area contributed by atoms with E-state index in [9.17, 15) is 0 Å². The minimum atomic E-state index is 0.657. The van der Waals surface area contributed by atoms with Crippen LogP contribution in [0.2, 0.25) is 0 Å². The third-order valence-corrected chi connectivity index (χ3v) is 6.03. The Morgan fingerprint density at radius 1 is 0.250 bits per heavy atom. The molecule has 0 radical (unpaired) electrons. The summed E-state index contributed by atoms with van der Waals surface area (Å²) >= 11 is 0. The fourth-order valence-corrected chi connectivity index (χ4v) is 3.97. The molecule has 6 rings (SSSR count). The first kappa shape index (κ1) is 29.2. The first-order valence-corrected chi connectivity index (χ1v) is 13.7. The van der Waals surface area contributed by atoms with Crippen molar-refractivity contribution in [2.45, 2.75) is 0 Å². The molecule has 0 unspecified atom stereocenters. The largest absolute Gasteiger partial charge is 0.457 e. The van der Waals surface area contributed by atoms with Crippen molar-refractivity contribution in [1.29, 1.82) is 0 Å². The highest BCUT2D eigenvalue weighted by Gasteiger charge is 2.04.